The van der Waals surface area contributed by atoms with Gasteiger partial charge in [-0.05, 0) is 25.0 Å². The van der Waals surface area contributed by atoms with Crippen molar-refractivity contribution >= 4 is 17.4 Å². The molecular weight excluding hydrogens is 260 g/mol. The summed E-state index contributed by atoms with van der Waals surface area (Å²) in [5.41, 5.74) is -1.36. The number of hydrogen-bond acceptors (Lipinski definition) is 6. The number of carbonyl (C=O) groups is 2. The van der Waals surface area contributed by atoms with Crippen LogP contribution in [0.4, 0.5) is 5.69 Å². The average Bonchev–Trinajstić information content (AvgIpc) is 2.47. The summed E-state index contributed by atoms with van der Waals surface area (Å²) in [6, 6.07) is 7.62. The van der Waals surface area contributed by atoms with Crippen LogP contribution in [0.2, 0.25) is 0 Å². The highest BCUT2D eigenvalue weighted by atomic mass is 16.5. The zero-order chi connectivity index (χ0) is 14.6. The Morgan fingerprint density at radius 1 is 1.40 bits per heavy atom. The fourth-order valence-corrected chi connectivity index (χ4v) is 2.24. The molecule has 0 bridgehead atoms. The van der Waals surface area contributed by atoms with E-state index in [1.807, 2.05) is 6.07 Å². The van der Waals surface area contributed by atoms with Crippen LogP contribution in [-0.2, 0) is 14.3 Å². The van der Waals surface area contributed by atoms with E-state index in [9.17, 15) is 14.7 Å². The molecule has 1 fully saturated rings. The summed E-state index contributed by atoms with van der Waals surface area (Å²) < 4.78 is 4.58. The van der Waals surface area contributed by atoms with E-state index < -0.39 is 17.6 Å². The minimum absolute atomic E-state index is 0.143. The molecular formula is C14H16N2O4. The fourth-order valence-electron chi connectivity index (χ4n) is 2.24. The van der Waals surface area contributed by atoms with Gasteiger partial charge >= 0.3 is 5.97 Å². The van der Waals surface area contributed by atoms with Gasteiger partial charge in [-0.1, -0.05) is 18.2 Å². The molecule has 1 aromatic carbocycles. The van der Waals surface area contributed by atoms with Gasteiger partial charge in [-0.15, -0.1) is 0 Å². The van der Waals surface area contributed by atoms with Crippen molar-refractivity contribution in [3.63, 3.8) is 0 Å². The molecule has 0 saturated heterocycles. The highest BCUT2D eigenvalue weighted by Gasteiger charge is 2.51. The van der Waals surface area contributed by atoms with Crippen molar-refractivity contribution in [3.05, 3.63) is 30.3 Å². The molecule has 1 aliphatic carbocycles. The number of Topliss-reactive ketones (excluding diaryl/α,β-unsaturated/α-hetero) is 1. The summed E-state index contributed by atoms with van der Waals surface area (Å²) in [5.74, 6) is -1.15. The van der Waals surface area contributed by atoms with E-state index in [2.05, 4.69) is 15.0 Å². The van der Waals surface area contributed by atoms with Crippen LogP contribution in [0.5, 0.6) is 0 Å². The summed E-state index contributed by atoms with van der Waals surface area (Å²) in [6.45, 7) is 0. The minimum atomic E-state index is -1.91. The largest absolute Gasteiger partial charge is 0.467 e. The third-order valence-electron chi connectivity index (χ3n) is 3.32. The number of benzene rings is 1. The van der Waals surface area contributed by atoms with Crippen LogP contribution in [0.15, 0.2) is 40.6 Å². The standard InChI is InChI=1S/C14H16N2O4/c1-20-13(18)14(19)9-5-8-11(17)12(14)16-15-10-6-3-2-4-7-10/h2-4,6-7,12,19H,5,8-9H2,1H3/b16-15+. The van der Waals surface area contributed by atoms with Crippen molar-refractivity contribution < 1.29 is 19.4 Å². The minimum Gasteiger partial charge on any atom is -0.467 e. The van der Waals surface area contributed by atoms with Crippen molar-refractivity contribution in [3.8, 4) is 0 Å². The summed E-state index contributed by atoms with van der Waals surface area (Å²) in [5, 5.41) is 18.2. The molecule has 2 rings (SSSR count). The molecule has 0 radical (unpaired) electrons. The van der Waals surface area contributed by atoms with Crippen molar-refractivity contribution in [2.75, 3.05) is 7.11 Å². The van der Waals surface area contributed by atoms with Crippen LogP contribution in [0.1, 0.15) is 19.3 Å². The van der Waals surface area contributed by atoms with Gasteiger partial charge in [-0.25, -0.2) is 4.79 Å². The van der Waals surface area contributed by atoms with E-state index >= 15 is 0 Å². The van der Waals surface area contributed by atoms with Gasteiger partial charge in [0.05, 0.1) is 12.8 Å². The molecule has 0 heterocycles. The summed E-state index contributed by atoms with van der Waals surface area (Å²) >= 11 is 0. The Morgan fingerprint density at radius 3 is 2.75 bits per heavy atom. The number of ketones is 1. The molecule has 6 nitrogen and oxygen atoms in total. The van der Waals surface area contributed by atoms with Crippen LogP contribution >= 0.6 is 0 Å². The van der Waals surface area contributed by atoms with Gasteiger partial charge in [-0.3, -0.25) is 4.79 Å². The van der Waals surface area contributed by atoms with Gasteiger partial charge in [0.25, 0.3) is 0 Å². The van der Waals surface area contributed by atoms with Crippen LogP contribution in [0.25, 0.3) is 0 Å². The molecule has 106 valence electrons. The fraction of sp³-hybridized carbons (Fsp3) is 0.429. The molecule has 1 saturated carbocycles. The number of esters is 1. The Hall–Kier alpha value is -2.08. The maximum atomic E-state index is 11.9. The predicted octanol–water partition coefficient (Wildman–Crippen LogP) is 1.80. The number of azo groups is 1. The van der Waals surface area contributed by atoms with Crippen LogP contribution < -0.4 is 0 Å². The topological polar surface area (TPSA) is 88.3 Å². The van der Waals surface area contributed by atoms with Crippen LogP contribution in [-0.4, -0.2) is 35.6 Å². The Bertz CT molecular complexity index is 529. The first-order valence-electron chi connectivity index (χ1n) is 6.37. The number of ether oxygens (including phenoxy) is 1. The molecule has 1 aliphatic rings. The first kappa shape index (κ1) is 14.3. The number of rotatable bonds is 3. The Labute approximate surface area is 116 Å². The van der Waals surface area contributed by atoms with Gasteiger partial charge in [-0.2, -0.15) is 10.2 Å². The molecule has 0 aliphatic heterocycles. The molecule has 1 N–H and O–H groups in total. The molecule has 20 heavy (non-hydrogen) atoms. The molecule has 2 unspecified atom stereocenters. The number of hydrogen-bond donors (Lipinski definition) is 1. The van der Waals surface area contributed by atoms with Crippen molar-refractivity contribution in [2.24, 2.45) is 10.2 Å². The molecule has 1 aromatic rings. The Balaban J connectivity index is 2.27. The molecule has 6 heteroatoms. The highest BCUT2D eigenvalue weighted by Crippen LogP contribution is 2.31. The predicted molar refractivity (Wildman–Crippen MR) is 70.6 cm³/mol. The van der Waals surface area contributed by atoms with E-state index in [1.54, 1.807) is 24.3 Å². The van der Waals surface area contributed by atoms with Gasteiger partial charge in [0.15, 0.2) is 17.4 Å². The van der Waals surface area contributed by atoms with E-state index in [4.69, 9.17) is 0 Å². The number of aliphatic hydroxyl groups is 1. The Kier molecular flexibility index (Phi) is 4.24. The summed E-state index contributed by atoms with van der Waals surface area (Å²) in [7, 11) is 1.17. The van der Waals surface area contributed by atoms with E-state index in [0.717, 1.165) is 0 Å². The SMILES string of the molecule is COC(=O)C1(O)CCCC(=O)C1/N=N/c1ccccc1. The summed E-state index contributed by atoms with van der Waals surface area (Å²) in [4.78, 5) is 23.7. The van der Waals surface area contributed by atoms with E-state index in [0.29, 0.717) is 12.1 Å². The van der Waals surface area contributed by atoms with Gasteiger partial charge in [0, 0.05) is 6.42 Å². The second-order valence-corrected chi connectivity index (χ2v) is 4.69. The van der Waals surface area contributed by atoms with Gasteiger partial charge < -0.3 is 9.84 Å². The second-order valence-electron chi connectivity index (χ2n) is 4.69. The third-order valence-corrected chi connectivity index (χ3v) is 3.32. The first-order chi connectivity index (χ1) is 9.58. The maximum absolute atomic E-state index is 11.9. The second kappa shape index (κ2) is 5.92. The zero-order valence-electron chi connectivity index (χ0n) is 11.2. The van der Waals surface area contributed by atoms with E-state index in [-0.39, 0.29) is 18.6 Å². The lowest BCUT2D eigenvalue weighted by atomic mass is 9.80. The van der Waals surface area contributed by atoms with Crippen molar-refractivity contribution in [1.82, 2.24) is 0 Å². The number of nitrogens with zero attached hydrogens (tertiary/aromatic N) is 2. The molecule has 0 aromatic heterocycles. The maximum Gasteiger partial charge on any atom is 0.340 e. The molecule has 0 spiro atoms. The quantitative estimate of drug-likeness (QED) is 0.673. The first-order valence-corrected chi connectivity index (χ1v) is 6.37. The van der Waals surface area contributed by atoms with Gasteiger partial charge in [0.2, 0.25) is 0 Å². The number of methoxy groups -OCH3 is 1. The lowest BCUT2D eigenvalue weighted by Gasteiger charge is -2.32. The summed E-state index contributed by atoms with van der Waals surface area (Å²) in [6.07, 6.45) is 0.851. The van der Waals surface area contributed by atoms with Gasteiger partial charge in [0.1, 0.15) is 0 Å². The van der Waals surface area contributed by atoms with Crippen LogP contribution in [0.3, 0.4) is 0 Å². The Morgan fingerprint density at radius 2 is 2.10 bits per heavy atom. The normalized spacial score (nSPS) is 26.7. The molecule has 2 atom stereocenters. The third kappa shape index (κ3) is 2.75. The van der Waals surface area contributed by atoms with E-state index in [1.165, 1.54) is 7.11 Å². The van der Waals surface area contributed by atoms with Crippen molar-refractivity contribution in [2.45, 2.75) is 30.9 Å². The highest BCUT2D eigenvalue weighted by molar-refractivity contribution is 5.94. The molecule has 0 amide bonds. The lowest BCUT2D eigenvalue weighted by Crippen LogP contribution is -2.55. The smallest absolute Gasteiger partial charge is 0.340 e. The monoisotopic (exact) mass is 276 g/mol. The number of carbonyl (C=O) groups excluding carboxylic acids is 2. The van der Waals surface area contributed by atoms with Crippen molar-refractivity contribution in [1.29, 1.82) is 0 Å². The lowest BCUT2D eigenvalue weighted by molar-refractivity contribution is -0.170. The average molecular weight is 276 g/mol. The van der Waals surface area contributed by atoms with Crippen LogP contribution in [0, 0.1) is 0 Å². The zero-order valence-corrected chi connectivity index (χ0v) is 11.2.